The molecule has 6 heteroatoms. The molecule has 0 aromatic rings. The van der Waals surface area contributed by atoms with Crippen LogP contribution in [0.3, 0.4) is 0 Å². The quantitative estimate of drug-likeness (QED) is 0.729. The number of hydrogen-bond donors (Lipinski definition) is 0. The molecular weight excluding hydrogens is 268 g/mol. The first-order chi connectivity index (χ1) is 9.81. The number of piperidine rings is 1. The van der Waals surface area contributed by atoms with Gasteiger partial charge in [-0.25, -0.2) is 0 Å². The van der Waals surface area contributed by atoms with Crippen LogP contribution in [0.25, 0.3) is 0 Å². The molecule has 21 heavy (non-hydrogen) atoms. The molecule has 0 N–H and O–H groups in total. The van der Waals surface area contributed by atoms with Gasteiger partial charge in [-0.15, -0.1) is 0 Å². The van der Waals surface area contributed by atoms with Gasteiger partial charge in [-0.05, 0) is 12.8 Å². The van der Waals surface area contributed by atoms with Crippen molar-refractivity contribution >= 4 is 11.8 Å². The van der Waals surface area contributed by atoms with Crippen molar-refractivity contribution in [3.05, 3.63) is 0 Å². The number of rotatable bonds is 3. The summed E-state index contributed by atoms with van der Waals surface area (Å²) in [6.45, 7) is 6.64. The fourth-order valence-corrected chi connectivity index (χ4v) is 2.44. The lowest BCUT2D eigenvalue weighted by Crippen LogP contribution is -2.47. The fraction of sp³-hybridized carbons (Fsp3) is 0.733. The van der Waals surface area contributed by atoms with Crippen LogP contribution in [0.15, 0.2) is 0 Å². The Morgan fingerprint density at radius 3 is 2.00 bits per heavy atom. The molecule has 1 aliphatic heterocycles. The van der Waals surface area contributed by atoms with Crippen LogP contribution in [0.1, 0.15) is 33.6 Å². The third-order valence-corrected chi connectivity index (χ3v) is 3.61. The van der Waals surface area contributed by atoms with Gasteiger partial charge in [0.1, 0.15) is 13.1 Å². The van der Waals surface area contributed by atoms with E-state index >= 15 is 0 Å². The van der Waals surface area contributed by atoms with Gasteiger partial charge in [-0.1, -0.05) is 20.8 Å². The van der Waals surface area contributed by atoms with E-state index in [1.54, 1.807) is 4.90 Å². The zero-order chi connectivity index (χ0) is 16.0. The van der Waals surface area contributed by atoms with Gasteiger partial charge in [-0.3, -0.25) is 9.59 Å². The van der Waals surface area contributed by atoms with Crippen molar-refractivity contribution in [1.82, 2.24) is 9.80 Å². The minimum Gasteiger partial charge on any atom is -0.342 e. The standard InChI is InChI=1S/C15H22N4O2/c1-15(2,3)14(21)19-8-4-12(5-9-19)13(20)18(10-6-16)11-7-17/h12H,4-5,8-11H2,1-3H3. The molecule has 0 atom stereocenters. The van der Waals surface area contributed by atoms with Crippen molar-refractivity contribution in [2.45, 2.75) is 33.6 Å². The van der Waals surface area contributed by atoms with Crippen molar-refractivity contribution in [2.75, 3.05) is 26.2 Å². The van der Waals surface area contributed by atoms with Crippen LogP contribution < -0.4 is 0 Å². The van der Waals surface area contributed by atoms with Crippen LogP contribution in [0.2, 0.25) is 0 Å². The van der Waals surface area contributed by atoms with Crippen LogP contribution in [-0.2, 0) is 9.59 Å². The summed E-state index contributed by atoms with van der Waals surface area (Å²) >= 11 is 0. The molecule has 0 aromatic carbocycles. The first-order valence-electron chi connectivity index (χ1n) is 7.13. The Balaban J connectivity index is 2.60. The van der Waals surface area contributed by atoms with Gasteiger partial charge in [-0.2, -0.15) is 10.5 Å². The predicted octanol–water partition coefficient (Wildman–Crippen LogP) is 1.15. The molecule has 1 heterocycles. The normalized spacial score (nSPS) is 16.0. The molecule has 6 nitrogen and oxygen atoms in total. The van der Waals surface area contributed by atoms with Gasteiger partial charge in [0, 0.05) is 24.4 Å². The maximum Gasteiger partial charge on any atom is 0.227 e. The minimum absolute atomic E-state index is 0.0620. The molecule has 0 aromatic heterocycles. The highest BCUT2D eigenvalue weighted by Gasteiger charge is 2.33. The van der Waals surface area contributed by atoms with E-state index in [4.69, 9.17) is 10.5 Å². The summed E-state index contributed by atoms with van der Waals surface area (Å²) < 4.78 is 0. The van der Waals surface area contributed by atoms with Gasteiger partial charge >= 0.3 is 0 Å². The van der Waals surface area contributed by atoms with Crippen molar-refractivity contribution in [3.63, 3.8) is 0 Å². The molecule has 0 bridgehead atoms. The maximum absolute atomic E-state index is 12.3. The van der Waals surface area contributed by atoms with Crippen LogP contribution in [-0.4, -0.2) is 47.8 Å². The SMILES string of the molecule is CC(C)(C)C(=O)N1CCC(C(=O)N(CC#N)CC#N)CC1. The summed E-state index contributed by atoms with van der Waals surface area (Å²) in [5.41, 5.74) is -0.412. The minimum atomic E-state index is -0.412. The average Bonchev–Trinajstić information content (AvgIpc) is 2.45. The second-order valence-electron chi connectivity index (χ2n) is 6.33. The van der Waals surface area contributed by atoms with Crippen LogP contribution in [0.4, 0.5) is 0 Å². The summed E-state index contributed by atoms with van der Waals surface area (Å²) in [5.74, 6) is -0.254. The monoisotopic (exact) mass is 290 g/mol. The zero-order valence-electron chi connectivity index (χ0n) is 12.9. The van der Waals surface area contributed by atoms with Gasteiger partial charge in [0.2, 0.25) is 11.8 Å². The van der Waals surface area contributed by atoms with Crippen molar-refractivity contribution in [3.8, 4) is 12.1 Å². The molecule has 114 valence electrons. The number of nitriles is 2. The van der Waals surface area contributed by atoms with E-state index in [2.05, 4.69) is 0 Å². The molecule has 0 saturated carbocycles. The fourth-order valence-electron chi connectivity index (χ4n) is 2.44. The topological polar surface area (TPSA) is 88.2 Å². The number of carbonyl (C=O) groups excluding carboxylic acids is 2. The Morgan fingerprint density at radius 2 is 1.62 bits per heavy atom. The molecule has 2 amide bonds. The van der Waals surface area contributed by atoms with Crippen molar-refractivity contribution in [1.29, 1.82) is 10.5 Å². The smallest absolute Gasteiger partial charge is 0.227 e. The summed E-state index contributed by atoms with van der Waals surface area (Å²) in [6, 6.07) is 3.82. The second-order valence-corrected chi connectivity index (χ2v) is 6.33. The largest absolute Gasteiger partial charge is 0.342 e. The van der Waals surface area contributed by atoms with Gasteiger partial charge in [0.25, 0.3) is 0 Å². The number of hydrogen-bond acceptors (Lipinski definition) is 4. The van der Waals surface area contributed by atoms with Crippen LogP contribution >= 0.6 is 0 Å². The second kappa shape index (κ2) is 7.08. The molecule has 1 aliphatic rings. The molecule has 0 radical (unpaired) electrons. The zero-order valence-corrected chi connectivity index (χ0v) is 12.9. The molecule has 0 aliphatic carbocycles. The Hall–Kier alpha value is -2.08. The number of nitrogens with zero attached hydrogens (tertiary/aromatic N) is 4. The summed E-state index contributed by atoms with van der Waals surface area (Å²) in [4.78, 5) is 27.5. The number of amides is 2. The third kappa shape index (κ3) is 4.46. The highest BCUT2D eigenvalue weighted by atomic mass is 16.2. The first kappa shape index (κ1) is 17.0. The van der Waals surface area contributed by atoms with Gasteiger partial charge < -0.3 is 9.80 Å². The predicted molar refractivity (Wildman–Crippen MR) is 76.6 cm³/mol. The van der Waals surface area contributed by atoms with E-state index in [0.717, 1.165) is 0 Å². The lowest BCUT2D eigenvalue weighted by molar-refractivity contribution is -0.144. The van der Waals surface area contributed by atoms with E-state index in [1.807, 2.05) is 32.9 Å². The molecule has 1 saturated heterocycles. The molecule has 1 rings (SSSR count). The van der Waals surface area contributed by atoms with E-state index in [1.165, 1.54) is 4.90 Å². The molecular formula is C15H22N4O2. The van der Waals surface area contributed by atoms with E-state index < -0.39 is 5.41 Å². The van der Waals surface area contributed by atoms with Gasteiger partial charge in [0.15, 0.2) is 0 Å². The Bertz CT molecular complexity index is 457. The first-order valence-corrected chi connectivity index (χ1v) is 7.13. The van der Waals surface area contributed by atoms with Crippen molar-refractivity contribution in [2.24, 2.45) is 11.3 Å². The van der Waals surface area contributed by atoms with E-state index in [9.17, 15) is 9.59 Å². The lowest BCUT2D eigenvalue weighted by atomic mass is 9.90. The number of carbonyl (C=O) groups is 2. The third-order valence-electron chi connectivity index (χ3n) is 3.61. The highest BCUT2D eigenvalue weighted by molar-refractivity contribution is 5.83. The summed E-state index contributed by atoms with van der Waals surface area (Å²) in [5, 5.41) is 17.4. The van der Waals surface area contributed by atoms with Crippen molar-refractivity contribution < 1.29 is 9.59 Å². The van der Waals surface area contributed by atoms with Crippen LogP contribution in [0.5, 0.6) is 0 Å². The van der Waals surface area contributed by atoms with Crippen LogP contribution in [0, 0.1) is 34.0 Å². The molecule has 1 fully saturated rings. The summed E-state index contributed by atoms with van der Waals surface area (Å²) in [6.07, 6.45) is 1.18. The number of likely N-dealkylation sites (tertiary alicyclic amines) is 1. The maximum atomic E-state index is 12.3. The Labute approximate surface area is 125 Å². The lowest BCUT2D eigenvalue weighted by Gasteiger charge is -2.36. The van der Waals surface area contributed by atoms with E-state index in [0.29, 0.717) is 25.9 Å². The highest BCUT2D eigenvalue weighted by Crippen LogP contribution is 2.24. The molecule has 0 unspecified atom stereocenters. The summed E-state index contributed by atoms with van der Waals surface area (Å²) in [7, 11) is 0. The Morgan fingerprint density at radius 1 is 1.14 bits per heavy atom. The van der Waals surface area contributed by atoms with E-state index in [-0.39, 0.29) is 30.8 Å². The molecule has 0 spiro atoms. The van der Waals surface area contributed by atoms with Gasteiger partial charge in [0.05, 0.1) is 12.1 Å². The average molecular weight is 290 g/mol. The Kier molecular flexibility index (Phi) is 5.72.